The first-order valence-corrected chi connectivity index (χ1v) is 7.80. The predicted molar refractivity (Wildman–Crippen MR) is 94.1 cm³/mol. The van der Waals surface area contributed by atoms with Gasteiger partial charge >= 0.3 is 0 Å². The van der Waals surface area contributed by atoms with Gasteiger partial charge in [0.05, 0.1) is 13.7 Å². The molecule has 2 aromatic carbocycles. The van der Waals surface area contributed by atoms with Crippen molar-refractivity contribution in [3.8, 4) is 11.5 Å². The molecule has 128 valence electrons. The molecule has 1 aromatic heterocycles. The van der Waals surface area contributed by atoms with E-state index in [4.69, 9.17) is 19.6 Å². The molecule has 0 aliphatic heterocycles. The zero-order valence-electron chi connectivity index (χ0n) is 14.0. The van der Waals surface area contributed by atoms with Crippen molar-refractivity contribution >= 4 is 22.6 Å². The molecule has 0 saturated carbocycles. The van der Waals surface area contributed by atoms with Crippen LogP contribution in [0.25, 0.3) is 11.0 Å². The fourth-order valence-electron chi connectivity index (χ4n) is 2.45. The van der Waals surface area contributed by atoms with Crippen molar-refractivity contribution < 1.29 is 18.7 Å². The van der Waals surface area contributed by atoms with E-state index in [2.05, 4.69) is 4.99 Å². The van der Waals surface area contributed by atoms with Crippen LogP contribution in [0.2, 0.25) is 0 Å². The van der Waals surface area contributed by atoms with Crippen LogP contribution in [0.5, 0.6) is 11.5 Å². The molecular weight excluding hydrogens is 320 g/mol. The van der Waals surface area contributed by atoms with Crippen molar-refractivity contribution in [1.82, 2.24) is 0 Å². The third kappa shape index (κ3) is 3.47. The van der Waals surface area contributed by atoms with Gasteiger partial charge in [0.25, 0.3) is 5.91 Å². The van der Waals surface area contributed by atoms with Crippen molar-refractivity contribution in [2.75, 3.05) is 13.7 Å². The maximum atomic E-state index is 11.8. The predicted octanol–water partition coefficient (Wildman–Crippen LogP) is 3.17. The van der Waals surface area contributed by atoms with E-state index in [0.29, 0.717) is 29.4 Å². The van der Waals surface area contributed by atoms with Gasteiger partial charge in [0.15, 0.2) is 0 Å². The monoisotopic (exact) mass is 338 g/mol. The van der Waals surface area contributed by atoms with Gasteiger partial charge in [-0.2, -0.15) is 0 Å². The topological polar surface area (TPSA) is 87.1 Å². The zero-order valence-corrected chi connectivity index (χ0v) is 14.0. The molecule has 0 atom stereocenters. The fraction of sp³-hybridized carbons (Fsp3) is 0.158. The van der Waals surface area contributed by atoms with Crippen LogP contribution in [0.3, 0.4) is 0 Å². The highest BCUT2D eigenvalue weighted by Crippen LogP contribution is 2.26. The van der Waals surface area contributed by atoms with Gasteiger partial charge in [-0.1, -0.05) is 12.1 Å². The molecule has 0 fully saturated rings. The van der Waals surface area contributed by atoms with Gasteiger partial charge in [-0.15, -0.1) is 0 Å². The summed E-state index contributed by atoms with van der Waals surface area (Å²) in [4.78, 5) is 16.3. The number of methoxy groups -OCH3 is 1. The number of carbonyl (C=O) groups is 1. The molecule has 3 rings (SSSR count). The van der Waals surface area contributed by atoms with Crippen molar-refractivity contribution in [2.24, 2.45) is 10.7 Å². The Labute approximate surface area is 144 Å². The Kier molecular flexibility index (Phi) is 4.70. The van der Waals surface area contributed by atoms with Crippen molar-refractivity contribution in [1.29, 1.82) is 0 Å². The minimum atomic E-state index is -0.617. The van der Waals surface area contributed by atoms with Gasteiger partial charge in [-0.3, -0.25) is 4.79 Å². The van der Waals surface area contributed by atoms with Gasteiger partial charge in [0.2, 0.25) is 5.55 Å². The lowest BCUT2D eigenvalue weighted by molar-refractivity contribution is 0.0996. The van der Waals surface area contributed by atoms with Crippen LogP contribution in [0, 0.1) is 0 Å². The second kappa shape index (κ2) is 7.09. The van der Waals surface area contributed by atoms with Crippen LogP contribution in [-0.4, -0.2) is 19.6 Å². The fourth-order valence-corrected chi connectivity index (χ4v) is 2.45. The number of para-hydroxylation sites is 2. The molecule has 1 heterocycles. The van der Waals surface area contributed by atoms with Crippen LogP contribution in [-0.2, 0) is 0 Å². The Hall–Kier alpha value is -3.28. The summed E-state index contributed by atoms with van der Waals surface area (Å²) in [7, 11) is 1.55. The third-order valence-electron chi connectivity index (χ3n) is 3.61. The molecule has 0 aliphatic carbocycles. The van der Waals surface area contributed by atoms with E-state index in [-0.39, 0.29) is 11.1 Å². The highest BCUT2D eigenvalue weighted by molar-refractivity contribution is 5.95. The maximum absolute atomic E-state index is 11.8. The first-order chi connectivity index (χ1) is 12.1. The Balaban J connectivity index is 2.25. The van der Waals surface area contributed by atoms with Crippen LogP contribution >= 0.6 is 0 Å². The first-order valence-electron chi connectivity index (χ1n) is 7.80. The van der Waals surface area contributed by atoms with Crippen LogP contribution < -0.4 is 20.8 Å². The van der Waals surface area contributed by atoms with Crippen molar-refractivity contribution in [2.45, 2.75) is 6.92 Å². The van der Waals surface area contributed by atoms with Gasteiger partial charge in [0.1, 0.15) is 28.3 Å². The number of hydrogen-bond donors (Lipinski definition) is 1. The summed E-state index contributed by atoms with van der Waals surface area (Å²) in [6, 6.07) is 14.2. The van der Waals surface area contributed by atoms with E-state index < -0.39 is 5.91 Å². The molecule has 2 N–H and O–H groups in total. The lowest BCUT2D eigenvalue weighted by atomic mass is 10.1. The Morgan fingerprint density at radius 1 is 1.20 bits per heavy atom. The molecule has 0 radical (unpaired) electrons. The minimum absolute atomic E-state index is 0.123. The highest BCUT2D eigenvalue weighted by Gasteiger charge is 2.11. The van der Waals surface area contributed by atoms with Crippen LogP contribution in [0.4, 0.5) is 5.69 Å². The molecule has 25 heavy (non-hydrogen) atoms. The average molecular weight is 338 g/mol. The lowest BCUT2D eigenvalue weighted by Crippen LogP contribution is -2.21. The minimum Gasteiger partial charge on any atom is -0.494 e. The van der Waals surface area contributed by atoms with Crippen LogP contribution in [0.1, 0.15) is 17.3 Å². The highest BCUT2D eigenvalue weighted by atomic mass is 16.5. The summed E-state index contributed by atoms with van der Waals surface area (Å²) in [5.41, 5.74) is 6.90. The van der Waals surface area contributed by atoms with Crippen LogP contribution in [0.15, 0.2) is 57.9 Å². The number of hydrogen-bond acceptors (Lipinski definition) is 5. The van der Waals surface area contributed by atoms with Gasteiger partial charge in [-0.25, -0.2) is 4.99 Å². The SMILES string of the molecule is CCOc1ccc2cc(C(N)=O)c(=Nc3ccccc3OC)oc2c1. The summed E-state index contributed by atoms with van der Waals surface area (Å²) >= 11 is 0. The molecule has 0 spiro atoms. The molecule has 0 unspecified atom stereocenters. The lowest BCUT2D eigenvalue weighted by Gasteiger charge is -2.06. The molecule has 3 aromatic rings. The van der Waals surface area contributed by atoms with E-state index in [9.17, 15) is 4.79 Å². The second-order valence-electron chi connectivity index (χ2n) is 5.25. The summed E-state index contributed by atoms with van der Waals surface area (Å²) in [5, 5.41) is 0.733. The number of primary amides is 1. The molecule has 0 saturated heterocycles. The van der Waals surface area contributed by atoms with Gasteiger partial charge in [-0.05, 0) is 37.3 Å². The van der Waals surface area contributed by atoms with Crippen molar-refractivity contribution in [3.05, 3.63) is 59.6 Å². The summed E-state index contributed by atoms with van der Waals surface area (Å²) in [6.07, 6.45) is 0. The van der Waals surface area contributed by atoms with E-state index in [1.54, 1.807) is 31.4 Å². The summed E-state index contributed by atoms with van der Waals surface area (Å²) in [5.74, 6) is 0.623. The standard InChI is InChI=1S/C19H18N2O4/c1-3-24-13-9-8-12-10-14(18(20)22)19(25-17(12)11-13)21-15-6-4-5-7-16(15)23-2/h4-11H,3H2,1-2H3,(H2,20,22). The molecular formula is C19H18N2O4. The van der Waals surface area contributed by atoms with Gasteiger partial charge in [0, 0.05) is 11.5 Å². The largest absolute Gasteiger partial charge is 0.494 e. The molecule has 0 bridgehead atoms. The number of amides is 1. The number of rotatable bonds is 5. The number of nitrogens with zero attached hydrogens (tertiary/aromatic N) is 1. The second-order valence-corrected chi connectivity index (χ2v) is 5.25. The summed E-state index contributed by atoms with van der Waals surface area (Å²) < 4.78 is 16.6. The average Bonchev–Trinajstić information content (AvgIpc) is 2.61. The smallest absolute Gasteiger partial charge is 0.254 e. The maximum Gasteiger partial charge on any atom is 0.254 e. The van der Waals surface area contributed by atoms with E-state index >= 15 is 0 Å². The summed E-state index contributed by atoms with van der Waals surface area (Å²) in [6.45, 7) is 2.45. The first kappa shape index (κ1) is 16.6. The quantitative estimate of drug-likeness (QED) is 0.774. The van der Waals surface area contributed by atoms with Crippen molar-refractivity contribution in [3.63, 3.8) is 0 Å². The van der Waals surface area contributed by atoms with E-state index in [0.717, 1.165) is 5.39 Å². The van der Waals surface area contributed by atoms with E-state index in [1.165, 1.54) is 0 Å². The Morgan fingerprint density at radius 2 is 2.00 bits per heavy atom. The number of carbonyl (C=O) groups excluding carboxylic acids is 1. The third-order valence-corrected chi connectivity index (χ3v) is 3.61. The molecule has 6 nitrogen and oxygen atoms in total. The number of fused-ring (bicyclic) bond motifs is 1. The molecule has 0 aliphatic rings. The molecule has 1 amide bonds. The Bertz CT molecular complexity index is 992. The molecule has 6 heteroatoms. The number of nitrogens with two attached hydrogens (primary N) is 1. The Morgan fingerprint density at radius 3 is 2.72 bits per heavy atom. The normalized spacial score (nSPS) is 11.5. The number of benzene rings is 2. The number of ether oxygens (including phenoxy) is 2. The van der Waals surface area contributed by atoms with Gasteiger partial charge < -0.3 is 19.6 Å². The van der Waals surface area contributed by atoms with E-state index in [1.807, 2.05) is 31.2 Å². The zero-order chi connectivity index (χ0) is 17.8.